The molecule has 0 fully saturated rings. The van der Waals surface area contributed by atoms with E-state index in [-0.39, 0.29) is 5.57 Å². The molecule has 0 aliphatic carbocycles. The van der Waals surface area contributed by atoms with E-state index >= 15 is 0 Å². The van der Waals surface area contributed by atoms with Gasteiger partial charge in [0, 0.05) is 20.3 Å². The lowest BCUT2D eigenvalue weighted by molar-refractivity contribution is 1.10. The molecule has 1 aromatic heterocycles. The van der Waals surface area contributed by atoms with Crippen LogP contribution in [0, 0.1) is 22.7 Å². The average Bonchev–Trinajstić information content (AvgIpc) is 2.68. The molecule has 1 rings (SSSR count). The summed E-state index contributed by atoms with van der Waals surface area (Å²) in [5, 5.41) is 18.3. The molecule has 0 unspecified atom stereocenters. The maximum absolute atomic E-state index is 8.72. The Balaban J connectivity index is 3.14. The topological polar surface area (TPSA) is 63.7 Å². The molecule has 4 nitrogen and oxygen atoms in total. The van der Waals surface area contributed by atoms with Crippen LogP contribution in [0.1, 0.15) is 11.8 Å². The van der Waals surface area contributed by atoms with Crippen LogP contribution in [-0.4, -0.2) is 19.1 Å². The van der Waals surface area contributed by atoms with Crippen molar-refractivity contribution in [3.8, 4) is 12.1 Å². The van der Waals surface area contributed by atoms with Crippen molar-refractivity contribution in [3.63, 3.8) is 0 Å². The Morgan fingerprint density at radius 3 is 2.40 bits per heavy atom. The van der Waals surface area contributed by atoms with Gasteiger partial charge in [0.05, 0.1) is 4.88 Å². The lowest BCUT2D eigenvalue weighted by Gasteiger charge is -2.05. The molecule has 1 aromatic rings. The quantitative estimate of drug-likeness (QED) is 0.712. The van der Waals surface area contributed by atoms with Gasteiger partial charge in [0.1, 0.15) is 17.7 Å². The first-order valence-electron chi connectivity index (χ1n) is 4.24. The van der Waals surface area contributed by atoms with Gasteiger partial charge in [0.25, 0.3) is 0 Å². The molecule has 0 bridgehead atoms. The van der Waals surface area contributed by atoms with Crippen molar-refractivity contribution in [2.24, 2.45) is 0 Å². The molecule has 0 radical (unpaired) electrons. The summed E-state index contributed by atoms with van der Waals surface area (Å²) in [6, 6.07) is 3.74. The third-order valence-corrected chi connectivity index (χ3v) is 3.13. The largest absolute Gasteiger partial charge is 0.354 e. The van der Waals surface area contributed by atoms with Crippen molar-refractivity contribution in [2.45, 2.75) is 6.92 Å². The van der Waals surface area contributed by atoms with Crippen molar-refractivity contribution in [2.75, 3.05) is 19.0 Å². The highest BCUT2D eigenvalue weighted by molar-refractivity contribution is 7.16. The average molecular weight is 218 g/mol. The van der Waals surface area contributed by atoms with Gasteiger partial charge in [-0.25, -0.2) is 4.98 Å². The van der Waals surface area contributed by atoms with Crippen LogP contribution in [0.5, 0.6) is 0 Å². The minimum Gasteiger partial charge on any atom is -0.354 e. The third kappa shape index (κ3) is 2.34. The highest BCUT2D eigenvalue weighted by Gasteiger charge is 2.09. The predicted octanol–water partition coefficient (Wildman–Crippen LogP) is 2.03. The molecule has 0 aromatic carbocycles. The van der Waals surface area contributed by atoms with Gasteiger partial charge in [-0.1, -0.05) is 11.3 Å². The van der Waals surface area contributed by atoms with E-state index in [0.717, 1.165) is 10.0 Å². The fourth-order valence-corrected chi connectivity index (χ4v) is 1.81. The first-order chi connectivity index (χ1) is 7.10. The van der Waals surface area contributed by atoms with Gasteiger partial charge < -0.3 is 4.90 Å². The smallest absolute Gasteiger partial charge is 0.185 e. The van der Waals surface area contributed by atoms with Crippen LogP contribution in [0.3, 0.4) is 0 Å². The molecule has 0 aliphatic rings. The van der Waals surface area contributed by atoms with E-state index < -0.39 is 0 Å². The molecule has 0 amide bonds. The second-order valence-electron chi connectivity index (χ2n) is 3.13. The Morgan fingerprint density at radius 1 is 1.40 bits per heavy atom. The first kappa shape index (κ1) is 11.2. The third-order valence-electron chi connectivity index (χ3n) is 1.84. The van der Waals surface area contributed by atoms with Crippen LogP contribution in [0.15, 0.2) is 11.8 Å². The molecule has 1 heterocycles. The molecule has 0 N–H and O–H groups in total. The molecule has 15 heavy (non-hydrogen) atoms. The van der Waals surface area contributed by atoms with Crippen LogP contribution in [0.2, 0.25) is 0 Å². The SMILES string of the molecule is CC(=C(C#N)C#N)c1cnc(N(C)C)s1. The summed E-state index contributed by atoms with van der Waals surface area (Å²) >= 11 is 1.46. The van der Waals surface area contributed by atoms with Gasteiger partial charge in [-0.2, -0.15) is 10.5 Å². The fraction of sp³-hybridized carbons (Fsp3) is 0.300. The Hall–Kier alpha value is -1.85. The van der Waals surface area contributed by atoms with Crippen LogP contribution in [0.25, 0.3) is 5.57 Å². The summed E-state index contributed by atoms with van der Waals surface area (Å²) in [6.45, 7) is 1.76. The van der Waals surface area contributed by atoms with E-state index in [1.54, 1.807) is 13.1 Å². The van der Waals surface area contributed by atoms with E-state index in [1.807, 2.05) is 31.1 Å². The second kappa shape index (κ2) is 4.59. The zero-order valence-electron chi connectivity index (χ0n) is 8.77. The second-order valence-corrected chi connectivity index (χ2v) is 4.13. The van der Waals surface area contributed by atoms with Gasteiger partial charge in [-0.15, -0.1) is 0 Å². The van der Waals surface area contributed by atoms with Crippen molar-refractivity contribution < 1.29 is 0 Å². The molecular weight excluding hydrogens is 208 g/mol. The summed E-state index contributed by atoms with van der Waals surface area (Å²) in [5.41, 5.74) is 0.828. The monoisotopic (exact) mass is 218 g/mol. The zero-order valence-corrected chi connectivity index (χ0v) is 9.59. The number of hydrogen-bond acceptors (Lipinski definition) is 5. The van der Waals surface area contributed by atoms with E-state index in [1.165, 1.54) is 11.3 Å². The minimum absolute atomic E-state index is 0.143. The van der Waals surface area contributed by atoms with Crippen LogP contribution in [0.4, 0.5) is 5.13 Å². The molecule has 0 aliphatic heterocycles. The summed E-state index contributed by atoms with van der Waals surface area (Å²) in [7, 11) is 3.80. The molecule has 76 valence electrons. The summed E-state index contributed by atoms with van der Waals surface area (Å²) in [4.78, 5) is 6.93. The maximum atomic E-state index is 8.72. The highest BCUT2D eigenvalue weighted by Crippen LogP contribution is 2.28. The number of thiazole rings is 1. The van der Waals surface area contributed by atoms with E-state index in [9.17, 15) is 0 Å². The van der Waals surface area contributed by atoms with Crippen molar-refractivity contribution in [1.82, 2.24) is 4.98 Å². The van der Waals surface area contributed by atoms with Crippen LogP contribution < -0.4 is 4.90 Å². The Kier molecular flexibility index (Phi) is 3.43. The number of nitrogens with zero attached hydrogens (tertiary/aromatic N) is 4. The first-order valence-corrected chi connectivity index (χ1v) is 5.06. The summed E-state index contributed by atoms with van der Waals surface area (Å²) < 4.78 is 0. The van der Waals surface area contributed by atoms with E-state index in [0.29, 0.717) is 5.57 Å². The molecular formula is C10H10N4S. The van der Waals surface area contributed by atoms with Gasteiger partial charge in [-0.3, -0.25) is 0 Å². The number of nitriles is 2. The van der Waals surface area contributed by atoms with Crippen molar-refractivity contribution in [3.05, 3.63) is 16.6 Å². The van der Waals surface area contributed by atoms with Crippen molar-refractivity contribution in [1.29, 1.82) is 10.5 Å². The predicted molar refractivity (Wildman–Crippen MR) is 60.3 cm³/mol. The number of hydrogen-bond donors (Lipinski definition) is 0. The lowest BCUT2D eigenvalue weighted by Crippen LogP contribution is -2.07. The summed E-state index contributed by atoms with van der Waals surface area (Å²) in [6.07, 6.45) is 1.68. The van der Waals surface area contributed by atoms with Crippen LogP contribution in [-0.2, 0) is 0 Å². The molecule has 5 heteroatoms. The van der Waals surface area contributed by atoms with Gasteiger partial charge in [0.15, 0.2) is 5.13 Å². The van der Waals surface area contributed by atoms with Gasteiger partial charge in [-0.05, 0) is 12.5 Å². The van der Waals surface area contributed by atoms with E-state index in [2.05, 4.69) is 4.98 Å². The van der Waals surface area contributed by atoms with E-state index in [4.69, 9.17) is 10.5 Å². The Morgan fingerprint density at radius 2 is 2.00 bits per heavy atom. The fourth-order valence-electron chi connectivity index (χ4n) is 0.961. The number of anilines is 1. The standard InChI is InChI=1S/C10H10N4S/c1-7(8(4-11)5-12)9-6-13-10(15-9)14(2)3/h6H,1-3H3. The molecule has 0 saturated carbocycles. The lowest BCUT2D eigenvalue weighted by atomic mass is 10.1. The zero-order chi connectivity index (χ0) is 11.4. The van der Waals surface area contributed by atoms with Gasteiger partial charge in [0.2, 0.25) is 0 Å². The number of rotatable bonds is 2. The minimum atomic E-state index is 0.143. The normalized spacial score (nSPS) is 8.87. The number of aromatic nitrogens is 1. The molecule has 0 saturated heterocycles. The van der Waals surface area contributed by atoms with Crippen molar-refractivity contribution >= 4 is 22.0 Å². The summed E-state index contributed by atoms with van der Waals surface area (Å²) in [5.74, 6) is 0. The van der Waals surface area contributed by atoms with Gasteiger partial charge >= 0.3 is 0 Å². The molecule has 0 spiro atoms. The maximum Gasteiger partial charge on any atom is 0.185 e. The molecule has 0 atom stereocenters. The Labute approximate surface area is 92.7 Å². The Bertz CT molecular complexity index is 454. The number of allylic oxidation sites excluding steroid dienone is 2. The van der Waals surface area contributed by atoms with Crippen LogP contribution >= 0.6 is 11.3 Å². The highest BCUT2D eigenvalue weighted by atomic mass is 32.1.